The van der Waals surface area contributed by atoms with Crippen LogP contribution in [-0.2, 0) is 0 Å². The van der Waals surface area contributed by atoms with E-state index >= 15 is 0 Å². The van der Waals surface area contributed by atoms with Gasteiger partial charge in [-0.3, -0.25) is 0 Å². The Morgan fingerprint density at radius 3 is 2.59 bits per heavy atom. The van der Waals surface area contributed by atoms with E-state index in [1.807, 2.05) is 36.4 Å². The van der Waals surface area contributed by atoms with E-state index < -0.39 is 0 Å². The second-order valence-electron chi connectivity index (χ2n) is 3.51. The van der Waals surface area contributed by atoms with E-state index in [4.69, 9.17) is 11.0 Å². The normalized spacial score (nSPS) is 9.65. The van der Waals surface area contributed by atoms with Gasteiger partial charge in [0.1, 0.15) is 6.07 Å². The minimum absolute atomic E-state index is 0.572. The number of para-hydroxylation sites is 2. The van der Waals surface area contributed by atoms with Crippen LogP contribution in [0.15, 0.2) is 46.9 Å². The van der Waals surface area contributed by atoms with Crippen LogP contribution in [0.2, 0.25) is 0 Å². The molecule has 0 saturated heterocycles. The highest BCUT2D eigenvalue weighted by atomic mass is 79.9. The van der Waals surface area contributed by atoms with Crippen molar-refractivity contribution in [2.75, 3.05) is 11.1 Å². The number of nitrogens with one attached hydrogen (secondary N) is 1. The van der Waals surface area contributed by atoms with Crippen molar-refractivity contribution in [3.8, 4) is 6.07 Å². The molecule has 0 heterocycles. The number of nitrogens with zero attached hydrogens (tertiary/aromatic N) is 1. The first-order valence-corrected chi connectivity index (χ1v) is 5.81. The number of halogens is 1. The maximum absolute atomic E-state index is 9.05. The van der Waals surface area contributed by atoms with E-state index in [2.05, 4.69) is 27.3 Å². The zero-order valence-corrected chi connectivity index (χ0v) is 10.5. The Kier molecular flexibility index (Phi) is 3.31. The first kappa shape index (κ1) is 11.5. The maximum atomic E-state index is 9.05. The smallest absolute Gasteiger partial charge is 0.101 e. The molecule has 17 heavy (non-hydrogen) atoms. The van der Waals surface area contributed by atoms with Crippen molar-refractivity contribution in [3.63, 3.8) is 0 Å². The highest BCUT2D eigenvalue weighted by Crippen LogP contribution is 2.26. The Morgan fingerprint density at radius 2 is 1.88 bits per heavy atom. The van der Waals surface area contributed by atoms with Crippen molar-refractivity contribution < 1.29 is 0 Å². The zero-order chi connectivity index (χ0) is 12.3. The number of rotatable bonds is 2. The average molecular weight is 288 g/mol. The summed E-state index contributed by atoms with van der Waals surface area (Å²) in [5.74, 6) is 0. The predicted molar refractivity (Wildman–Crippen MR) is 73.0 cm³/mol. The lowest BCUT2D eigenvalue weighted by molar-refractivity contribution is 1.45. The summed E-state index contributed by atoms with van der Waals surface area (Å²) in [5, 5.41) is 12.2. The lowest BCUT2D eigenvalue weighted by atomic mass is 10.2. The van der Waals surface area contributed by atoms with Crippen LogP contribution in [0.3, 0.4) is 0 Å². The molecular formula is C13H10BrN3. The van der Waals surface area contributed by atoms with Gasteiger partial charge in [0.05, 0.1) is 22.6 Å². The summed E-state index contributed by atoms with van der Waals surface area (Å²) in [6.07, 6.45) is 0. The van der Waals surface area contributed by atoms with E-state index in [1.165, 1.54) is 0 Å². The quantitative estimate of drug-likeness (QED) is 0.829. The van der Waals surface area contributed by atoms with E-state index in [9.17, 15) is 0 Å². The Morgan fingerprint density at radius 1 is 1.12 bits per heavy atom. The summed E-state index contributed by atoms with van der Waals surface area (Å²) in [7, 11) is 0. The molecule has 3 N–H and O–H groups in total. The third-order valence-electron chi connectivity index (χ3n) is 2.33. The molecule has 0 bridgehead atoms. The molecule has 0 aliphatic heterocycles. The van der Waals surface area contributed by atoms with Crippen LogP contribution >= 0.6 is 15.9 Å². The average Bonchev–Trinajstić information content (AvgIpc) is 2.34. The van der Waals surface area contributed by atoms with Gasteiger partial charge in [0.25, 0.3) is 0 Å². The van der Waals surface area contributed by atoms with E-state index in [0.717, 1.165) is 15.8 Å². The Labute approximate surface area is 108 Å². The van der Waals surface area contributed by atoms with E-state index in [1.54, 1.807) is 6.07 Å². The monoisotopic (exact) mass is 287 g/mol. The number of nitriles is 1. The van der Waals surface area contributed by atoms with E-state index in [0.29, 0.717) is 11.3 Å². The number of nitrogen functional groups attached to an aromatic ring is 1. The standard InChI is InChI=1S/C13H10BrN3/c14-10-5-6-12(9(7-10)8-15)17-13-4-2-1-3-11(13)16/h1-7,17H,16H2. The Bertz CT molecular complexity index is 587. The molecule has 0 aliphatic carbocycles. The Balaban J connectivity index is 2.37. The second-order valence-corrected chi connectivity index (χ2v) is 4.43. The summed E-state index contributed by atoms with van der Waals surface area (Å²) >= 11 is 3.33. The molecule has 0 saturated carbocycles. The molecule has 2 aromatic rings. The highest BCUT2D eigenvalue weighted by Gasteiger charge is 2.04. The van der Waals surface area contributed by atoms with Crippen LogP contribution in [0.1, 0.15) is 5.56 Å². The van der Waals surface area contributed by atoms with Gasteiger partial charge in [-0.1, -0.05) is 28.1 Å². The molecule has 0 fully saturated rings. The summed E-state index contributed by atoms with van der Waals surface area (Å²) in [6, 6.07) is 15.1. The maximum Gasteiger partial charge on any atom is 0.101 e. The van der Waals surface area contributed by atoms with Crippen LogP contribution < -0.4 is 11.1 Å². The Hall–Kier alpha value is -1.99. The predicted octanol–water partition coefficient (Wildman–Crippen LogP) is 3.65. The van der Waals surface area contributed by atoms with Gasteiger partial charge >= 0.3 is 0 Å². The van der Waals surface area contributed by atoms with Crippen molar-refractivity contribution >= 4 is 33.0 Å². The molecule has 4 heteroatoms. The SMILES string of the molecule is N#Cc1cc(Br)ccc1Nc1ccccc1N. The number of hydrogen-bond acceptors (Lipinski definition) is 3. The molecule has 2 rings (SSSR count). The first-order valence-electron chi connectivity index (χ1n) is 5.02. The molecular weight excluding hydrogens is 278 g/mol. The molecule has 3 nitrogen and oxygen atoms in total. The van der Waals surface area contributed by atoms with Gasteiger partial charge in [0, 0.05) is 4.47 Å². The number of benzene rings is 2. The molecule has 0 aliphatic rings. The lowest BCUT2D eigenvalue weighted by Gasteiger charge is -2.10. The molecule has 0 atom stereocenters. The van der Waals surface area contributed by atoms with Gasteiger partial charge < -0.3 is 11.1 Å². The molecule has 0 unspecified atom stereocenters. The van der Waals surface area contributed by atoms with Crippen LogP contribution in [0.25, 0.3) is 0 Å². The van der Waals surface area contributed by atoms with Gasteiger partial charge in [0.15, 0.2) is 0 Å². The van der Waals surface area contributed by atoms with Crippen LogP contribution in [0.5, 0.6) is 0 Å². The summed E-state index contributed by atoms with van der Waals surface area (Å²) in [4.78, 5) is 0. The summed E-state index contributed by atoms with van der Waals surface area (Å²) in [6.45, 7) is 0. The topological polar surface area (TPSA) is 61.8 Å². The third-order valence-corrected chi connectivity index (χ3v) is 2.83. The number of hydrogen-bond donors (Lipinski definition) is 2. The van der Waals surface area contributed by atoms with E-state index in [-0.39, 0.29) is 0 Å². The molecule has 2 aromatic carbocycles. The van der Waals surface area contributed by atoms with Crippen LogP contribution in [0.4, 0.5) is 17.1 Å². The van der Waals surface area contributed by atoms with Gasteiger partial charge in [-0.25, -0.2) is 0 Å². The fourth-order valence-corrected chi connectivity index (χ4v) is 1.83. The zero-order valence-electron chi connectivity index (χ0n) is 8.94. The molecule has 0 radical (unpaired) electrons. The second kappa shape index (κ2) is 4.89. The van der Waals surface area contributed by atoms with Gasteiger partial charge in [-0.2, -0.15) is 5.26 Å². The van der Waals surface area contributed by atoms with Gasteiger partial charge in [-0.05, 0) is 30.3 Å². The van der Waals surface area contributed by atoms with Crippen LogP contribution in [-0.4, -0.2) is 0 Å². The summed E-state index contributed by atoms with van der Waals surface area (Å²) in [5.41, 5.74) is 8.60. The minimum atomic E-state index is 0.572. The molecule has 84 valence electrons. The van der Waals surface area contributed by atoms with Crippen molar-refractivity contribution in [3.05, 3.63) is 52.5 Å². The highest BCUT2D eigenvalue weighted by molar-refractivity contribution is 9.10. The van der Waals surface area contributed by atoms with Gasteiger partial charge in [-0.15, -0.1) is 0 Å². The third kappa shape index (κ3) is 2.58. The molecule has 0 amide bonds. The lowest BCUT2D eigenvalue weighted by Crippen LogP contribution is -1.97. The van der Waals surface area contributed by atoms with Gasteiger partial charge in [0.2, 0.25) is 0 Å². The summed E-state index contributed by atoms with van der Waals surface area (Å²) < 4.78 is 0.876. The molecule has 0 aromatic heterocycles. The fraction of sp³-hybridized carbons (Fsp3) is 0. The van der Waals surface area contributed by atoms with Crippen LogP contribution in [0, 0.1) is 11.3 Å². The van der Waals surface area contributed by atoms with Crippen molar-refractivity contribution in [2.24, 2.45) is 0 Å². The largest absolute Gasteiger partial charge is 0.397 e. The number of anilines is 3. The van der Waals surface area contributed by atoms with Crippen molar-refractivity contribution in [1.82, 2.24) is 0 Å². The number of nitrogens with two attached hydrogens (primary N) is 1. The van der Waals surface area contributed by atoms with Crippen molar-refractivity contribution in [2.45, 2.75) is 0 Å². The minimum Gasteiger partial charge on any atom is -0.397 e. The first-order chi connectivity index (χ1) is 8.20. The fourth-order valence-electron chi connectivity index (χ4n) is 1.47. The molecule has 0 spiro atoms. The van der Waals surface area contributed by atoms with Crippen molar-refractivity contribution in [1.29, 1.82) is 5.26 Å².